The molecule has 0 aliphatic carbocycles. The van der Waals surface area contributed by atoms with Crippen molar-refractivity contribution >= 4 is 11.6 Å². The van der Waals surface area contributed by atoms with Crippen LogP contribution in [0.5, 0.6) is 5.75 Å². The zero-order valence-corrected chi connectivity index (χ0v) is 18.6. The number of amides is 1. The maximum atomic E-state index is 12.9. The summed E-state index contributed by atoms with van der Waals surface area (Å²) >= 11 is 0. The van der Waals surface area contributed by atoms with Crippen LogP contribution in [-0.2, 0) is 13.2 Å². The third-order valence-electron chi connectivity index (χ3n) is 5.80. The van der Waals surface area contributed by atoms with E-state index in [0.29, 0.717) is 36.6 Å². The van der Waals surface area contributed by atoms with Crippen molar-refractivity contribution < 1.29 is 14.7 Å². The molecule has 0 spiro atoms. The molecule has 0 saturated carbocycles. The van der Waals surface area contributed by atoms with Gasteiger partial charge in [-0.15, -0.1) is 0 Å². The SMILES string of the molecule is O=C(NC1CN(Cc2ccccc2)CCCC1=NO)c1ccc(OCc2ccccc2)cc1. The third kappa shape index (κ3) is 6.43. The van der Waals surface area contributed by atoms with Gasteiger partial charge in [0, 0.05) is 18.7 Å². The molecular weight excluding hydrogens is 414 g/mol. The fraction of sp³-hybridized carbons (Fsp3) is 0.259. The van der Waals surface area contributed by atoms with Gasteiger partial charge in [-0.1, -0.05) is 65.8 Å². The summed E-state index contributed by atoms with van der Waals surface area (Å²) < 4.78 is 5.81. The van der Waals surface area contributed by atoms with Crippen LogP contribution in [0.25, 0.3) is 0 Å². The summed E-state index contributed by atoms with van der Waals surface area (Å²) in [5.41, 5.74) is 3.46. The van der Waals surface area contributed by atoms with Crippen molar-refractivity contribution in [2.45, 2.75) is 32.0 Å². The molecule has 1 atom stereocenters. The Hall–Kier alpha value is -3.64. The van der Waals surface area contributed by atoms with E-state index in [9.17, 15) is 10.0 Å². The molecular formula is C27H29N3O3. The van der Waals surface area contributed by atoms with Crippen molar-refractivity contribution in [1.82, 2.24) is 10.2 Å². The lowest BCUT2D eigenvalue weighted by Crippen LogP contribution is -2.46. The van der Waals surface area contributed by atoms with Crippen LogP contribution in [0.4, 0.5) is 0 Å². The molecule has 170 valence electrons. The van der Waals surface area contributed by atoms with E-state index in [4.69, 9.17) is 4.74 Å². The number of hydrogen-bond acceptors (Lipinski definition) is 5. The summed E-state index contributed by atoms with van der Waals surface area (Å²) in [6, 6.07) is 27.0. The number of nitrogens with zero attached hydrogens (tertiary/aromatic N) is 2. The number of carbonyl (C=O) groups excluding carboxylic acids is 1. The van der Waals surface area contributed by atoms with Gasteiger partial charge in [0.05, 0.1) is 11.8 Å². The predicted molar refractivity (Wildman–Crippen MR) is 129 cm³/mol. The second kappa shape index (κ2) is 11.3. The Morgan fingerprint density at radius 1 is 0.970 bits per heavy atom. The van der Waals surface area contributed by atoms with Gasteiger partial charge in [0.25, 0.3) is 5.91 Å². The fourth-order valence-corrected chi connectivity index (χ4v) is 4.03. The second-order valence-corrected chi connectivity index (χ2v) is 8.24. The quantitative estimate of drug-likeness (QED) is 0.417. The van der Waals surface area contributed by atoms with Crippen molar-refractivity contribution in [2.75, 3.05) is 13.1 Å². The molecule has 1 amide bonds. The van der Waals surface area contributed by atoms with Gasteiger partial charge in [-0.3, -0.25) is 9.69 Å². The Labute approximate surface area is 194 Å². The normalized spacial score (nSPS) is 17.9. The predicted octanol–water partition coefficient (Wildman–Crippen LogP) is 4.49. The zero-order valence-electron chi connectivity index (χ0n) is 18.6. The maximum absolute atomic E-state index is 12.9. The van der Waals surface area contributed by atoms with Crippen LogP contribution < -0.4 is 10.1 Å². The van der Waals surface area contributed by atoms with Gasteiger partial charge in [0.1, 0.15) is 12.4 Å². The number of carbonyl (C=O) groups is 1. The molecule has 3 aromatic carbocycles. The highest BCUT2D eigenvalue weighted by Crippen LogP contribution is 2.16. The molecule has 1 aliphatic heterocycles. The molecule has 2 N–H and O–H groups in total. The molecule has 33 heavy (non-hydrogen) atoms. The molecule has 0 aromatic heterocycles. The van der Waals surface area contributed by atoms with Crippen LogP contribution >= 0.6 is 0 Å². The van der Waals surface area contributed by atoms with Crippen molar-refractivity contribution in [3.63, 3.8) is 0 Å². The standard InChI is InChI=1S/C27H29N3O3/c31-27(23-13-15-24(16-14-23)33-20-22-10-5-2-6-11-22)28-26-19-30(17-7-12-25(26)29-32)18-21-8-3-1-4-9-21/h1-6,8-11,13-16,26,32H,7,12,17-20H2,(H,28,31). The average Bonchev–Trinajstić information content (AvgIpc) is 3.05. The first-order valence-electron chi connectivity index (χ1n) is 11.3. The van der Waals surface area contributed by atoms with Crippen molar-refractivity contribution in [1.29, 1.82) is 0 Å². The number of likely N-dealkylation sites (tertiary alicyclic amines) is 1. The van der Waals surface area contributed by atoms with Gasteiger partial charge < -0.3 is 15.3 Å². The highest BCUT2D eigenvalue weighted by atomic mass is 16.5. The van der Waals surface area contributed by atoms with Gasteiger partial charge >= 0.3 is 0 Å². The Morgan fingerprint density at radius 3 is 2.30 bits per heavy atom. The van der Waals surface area contributed by atoms with E-state index in [1.807, 2.05) is 48.5 Å². The van der Waals surface area contributed by atoms with Gasteiger partial charge in [-0.05, 0) is 54.8 Å². The number of ether oxygens (including phenoxy) is 1. The smallest absolute Gasteiger partial charge is 0.251 e. The van der Waals surface area contributed by atoms with Crippen LogP contribution in [-0.4, -0.2) is 40.9 Å². The fourth-order valence-electron chi connectivity index (χ4n) is 4.03. The Kier molecular flexibility index (Phi) is 7.72. The minimum atomic E-state index is -0.345. The third-order valence-corrected chi connectivity index (χ3v) is 5.80. The Morgan fingerprint density at radius 2 is 1.64 bits per heavy atom. The van der Waals surface area contributed by atoms with E-state index in [0.717, 1.165) is 25.1 Å². The lowest BCUT2D eigenvalue weighted by Gasteiger charge is -2.25. The first-order chi connectivity index (χ1) is 16.2. The van der Waals surface area contributed by atoms with Crippen molar-refractivity contribution in [2.24, 2.45) is 5.16 Å². The Bertz CT molecular complexity index is 1050. The molecule has 0 radical (unpaired) electrons. The largest absolute Gasteiger partial charge is 0.489 e. The summed E-state index contributed by atoms with van der Waals surface area (Å²) in [6.45, 7) is 2.74. The monoisotopic (exact) mass is 443 g/mol. The molecule has 1 heterocycles. The second-order valence-electron chi connectivity index (χ2n) is 8.24. The molecule has 1 saturated heterocycles. The molecule has 1 unspecified atom stereocenters. The minimum Gasteiger partial charge on any atom is -0.489 e. The minimum absolute atomic E-state index is 0.197. The molecule has 1 aliphatic rings. The first kappa shape index (κ1) is 22.6. The van der Waals surface area contributed by atoms with Crippen molar-refractivity contribution in [3.05, 3.63) is 102 Å². The van der Waals surface area contributed by atoms with Gasteiger partial charge in [-0.2, -0.15) is 0 Å². The molecule has 1 fully saturated rings. The number of oxime groups is 1. The summed E-state index contributed by atoms with van der Waals surface area (Å²) in [4.78, 5) is 15.2. The first-order valence-corrected chi connectivity index (χ1v) is 11.3. The van der Waals surface area contributed by atoms with E-state index in [-0.39, 0.29) is 11.9 Å². The maximum Gasteiger partial charge on any atom is 0.251 e. The van der Waals surface area contributed by atoms with Gasteiger partial charge in [0.2, 0.25) is 0 Å². The number of rotatable bonds is 7. The lowest BCUT2D eigenvalue weighted by molar-refractivity contribution is 0.0938. The molecule has 0 bridgehead atoms. The molecule has 6 nitrogen and oxygen atoms in total. The van der Waals surface area contributed by atoms with Crippen LogP contribution in [0.2, 0.25) is 0 Å². The lowest BCUT2D eigenvalue weighted by atomic mass is 10.1. The van der Waals surface area contributed by atoms with Crippen LogP contribution in [0.1, 0.15) is 34.3 Å². The molecule has 3 aromatic rings. The molecule has 4 rings (SSSR count). The van der Waals surface area contributed by atoms with Crippen LogP contribution in [0.3, 0.4) is 0 Å². The summed E-state index contributed by atoms with van der Waals surface area (Å²) in [5.74, 6) is 0.508. The summed E-state index contributed by atoms with van der Waals surface area (Å²) in [6.07, 6.45) is 1.53. The van der Waals surface area contributed by atoms with Gasteiger partial charge in [-0.25, -0.2) is 0 Å². The average molecular weight is 444 g/mol. The molecule has 6 heteroatoms. The van der Waals surface area contributed by atoms with Gasteiger partial charge in [0.15, 0.2) is 0 Å². The van der Waals surface area contributed by atoms with E-state index in [2.05, 4.69) is 27.5 Å². The van der Waals surface area contributed by atoms with E-state index in [1.54, 1.807) is 24.3 Å². The Balaban J connectivity index is 1.37. The summed E-state index contributed by atoms with van der Waals surface area (Å²) in [5, 5.41) is 16.1. The van der Waals surface area contributed by atoms with Crippen LogP contribution in [0, 0.1) is 0 Å². The number of hydrogen-bond donors (Lipinski definition) is 2. The van der Waals surface area contributed by atoms with E-state index >= 15 is 0 Å². The van der Waals surface area contributed by atoms with E-state index < -0.39 is 0 Å². The summed E-state index contributed by atoms with van der Waals surface area (Å²) in [7, 11) is 0. The van der Waals surface area contributed by atoms with Crippen LogP contribution in [0.15, 0.2) is 90.1 Å². The zero-order chi connectivity index (χ0) is 22.9. The number of benzene rings is 3. The highest BCUT2D eigenvalue weighted by Gasteiger charge is 2.26. The highest BCUT2D eigenvalue weighted by molar-refractivity contribution is 5.99. The van der Waals surface area contributed by atoms with Crippen molar-refractivity contribution in [3.8, 4) is 5.75 Å². The topological polar surface area (TPSA) is 74.2 Å². The number of nitrogens with one attached hydrogen (secondary N) is 1. The van der Waals surface area contributed by atoms with E-state index in [1.165, 1.54) is 5.56 Å².